The van der Waals surface area contributed by atoms with Gasteiger partial charge in [0.1, 0.15) is 0 Å². The highest BCUT2D eigenvalue weighted by Crippen LogP contribution is 2.25. The quantitative estimate of drug-likeness (QED) is 0.406. The number of hydrogen-bond donors (Lipinski definition) is 0. The third-order valence-electron chi connectivity index (χ3n) is 4.15. The highest BCUT2D eigenvalue weighted by atomic mass is 32.1. The van der Waals surface area contributed by atoms with Gasteiger partial charge in [0, 0.05) is 6.54 Å². The van der Waals surface area contributed by atoms with E-state index in [2.05, 4.69) is 11.6 Å². The summed E-state index contributed by atoms with van der Waals surface area (Å²) in [4.78, 5) is 29.2. The van der Waals surface area contributed by atoms with Crippen LogP contribution in [0.1, 0.15) is 17.3 Å². The Balaban J connectivity index is 1.89. The van der Waals surface area contributed by atoms with Crippen LogP contribution in [0, 0.1) is 0 Å². The summed E-state index contributed by atoms with van der Waals surface area (Å²) in [6.45, 7) is 6.08. The fraction of sp³-hybridized carbons (Fsp3) is 0.227. The molecule has 3 aromatic rings. The normalized spacial score (nSPS) is 11.3. The molecule has 1 aromatic heterocycles. The van der Waals surface area contributed by atoms with E-state index >= 15 is 0 Å². The van der Waals surface area contributed by atoms with Crippen LogP contribution < -0.4 is 14.3 Å². The van der Waals surface area contributed by atoms with Crippen molar-refractivity contribution >= 4 is 33.4 Å². The van der Waals surface area contributed by atoms with Crippen molar-refractivity contribution in [2.45, 2.75) is 13.5 Å². The summed E-state index contributed by atoms with van der Waals surface area (Å²) < 4.78 is 18.5. The number of hydrogen-bond acceptors (Lipinski definition) is 6. The molecular weight excluding hydrogens is 404 g/mol. The van der Waals surface area contributed by atoms with Crippen LogP contribution in [-0.2, 0) is 16.1 Å². The maximum atomic E-state index is 12.4. The van der Waals surface area contributed by atoms with Crippen LogP contribution in [0.3, 0.4) is 0 Å². The number of aromatic nitrogens is 1. The first kappa shape index (κ1) is 21.3. The third kappa shape index (κ3) is 4.77. The molecule has 156 valence electrons. The average Bonchev–Trinajstić information content (AvgIpc) is 3.09. The highest BCUT2D eigenvalue weighted by molar-refractivity contribution is 7.16. The Labute approximate surface area is 177 Å². The molecule has 1 heterocycles. The molecule has 7 nitrogen and oxygen atoms in total. The van der Waals surface area contributed by atoms with E-state index < -0.39 is 5.91 Å². The summed E-state index contributed by atoms with van der Waals surface area (Å²) >= 11 is 1.31. The van der Waals surface area contributed by atoms with Gasteiger partial charge in [0.25, 0.3) is 5.91 Å². The number of ether oxygens (including phenoxy) is 3. The number of thiazole rings is 1. The molecule has 8 heteroatoms. The molecule has 0 radical (unpaired) electrons. The summed E-state index contributed by atoms with van der Waals surface area (Å²) in [5, 5.41) is 0. The minimum atomic E-state index is -0.434. The second-order valence-corrected chi connectivity index (χ2v) is 7.14. The number of rotatable bonds is 8. The van der Waals surface area contributed by atoms with Gasteiger partial charge in [0.2, 0.25) is 0 Å². The van der Waals surface area contributed by atoms with Crippen molar-refractivity contribution in [3.8, 4) is 11.5 Å². The van der Waals surface area contributed by atoms with E-state index in [9.17, 15) is 9.59 Å². The fourth-order valence-corrected chi connectivity index (χ4v) is 3.92. The zero-order valence-corrected chi connectivity index (χ0v) is 17.6. The monoisotopic (exact) mass is 426 g/mol. The molecule has 0 aliphatic carbocycles. The second-order valence-electron chi connectivity index (χ2n) is 6.13. The number of carbonyl (C=O) groups excluding carboxylic acids is 2. The molecular formula is C22H22N2O5S. The number of methoxy groups -OCH3 is 1. The van der Waals surface area contributed by atoms with Gasteiger partial charge in [-0.05, 0) is 37.3 Å². The number of esters is 1. The van der Waals surface area contributed by atoms with Crippen molar-refractivity contribution in [1.29, 1.82) is 0 Å². The lowest BCUT2D eigenvalue weighted by atomic mass is 10.2. The SMILES string of the molecule is C=CCn1c(=NC(=O)COc2ccccc2OC)sc2cc(C(=O)OCC)ccc21. The molecule has 30 heavy (non-hydrogen) atoms. The zero-order valence-electron chi connectivity index (χ0n) is 16.8. The lowest BCUT2D eigenvalue weighted by Crippen LogP contribution is -2.19. The average molecular weight is 426 g/mol. The molecule has 2 aromatic carbocycles. The van der Waals surface area contributed by atoms with E-state index in [4.69, 9.17) is 14.2 Å². The summed E-state index contributed by atoms with van der Waals surface area (Å²) in [5.74, 6) is 0.192. The first-order valence-corrected chi connectivity index (χ1v) is 10.1. The van der Waals surface area contributed by atoms with Gasteiger partial charge in [-0.25, -0.2) is 4.79 Å². The van der Waals surface area contributed by atoms with Crippen LogP contribution in [0.15, 0.2) is 60.1 Å². The van der Waals surface area contributed by atoms with Crippen LogP contribution in [0.4, 0.5) is 0 Å². The standard InChI is InChI=1S/C22H22N2O5S/c1-4-12-24-16-11-10-15(21(26)28-5-2)13-19(16)30-22(24)23-20(25)14-29-18-9-7-6-8-17(18)27-3/h4,6-11,13H,1,5,12,14H2,2-3H3. The molecule has 0 unspecified atom stereocenters. The predicted octanol–water partition coefficient (Wildman–Crippen LogP) is 3.58. The lowest BCUT2D eigenvalue weighted by molar-refractivity contribution is -0.120. The minimum absolute atomic E-state index is 0.225. The predicted molar refractivity (Wildman–Crippen MR) is 115 cm³/mol. The molecule has 3 rings (SSSR count). The summed E-state index contributed by atoms with van der Waals surface area (Å²) in [7, 11) is 1.54. The van der Waals surface area contributed by atoms with E-state index in [-0.39, 0.29) is 12.6 Å². The largest absolute Gasteiger partial charge is 0.493 e. The molecule has 0 saturated carbocycles. The summed E-state index contributed by atoms with van der Waals surface area (Å²) in [5.41, 5.74) is 1.30. The number of amides is 1. The van der Waals surface area contributed by atoms with Crippen molar-refractivity contribution in [1.82, 2.24) is 4.57 Å². The van der Waals surface area contributed by atoms with E-state index in [1.54, 1.807) is 43.3 Å². The molecule has 0 N–H and O–H groups in total. The summed E-state index contributed by atoms with van der Waals surface area (Å²) in [6, 6.07) is 12.3. The Bertz CT molecular complexity index is 1150. The Hall–Kier alpha value is -3.39. The van der Waals surface area contributed by atoms with Crippen molar-refractivity contribution < 1.29 is 23.8 Å². The molecule has 0 spiro atoms. The highest BCUT2D eigenvalue weighted by Gasteiger charge is 2.12. The molecule has 1 amide bonds. The van der Waals surface area contributed by atoms with Gasteiger partial charge in [0.15, 0.2) is 22.9 Å². The van der Waals surface area contributed by atoms with Crippen LogP contribution >= 0.6 is 11.3 Å². The second kappa shape index (κ2) is 9.89. The summed E-state index contributed by atoms with van der Waals surface area (Å²) in [6.07, 6.45) is 1.72. The van der Waals surface area contributed by atoms with E-state index in [1.807, 2.05) is 16.7 Å². The van der Waals surface area contributed by atoms with Gasteiger partial charge in [-0.1, -0.05) is 29.5 Å². The Morgan fingerprint density at radius 2 is 1.97 bits per heavy atom. The van der Waals surface area contributed by atoms with E-state index in [1.165, 1.54) is 18.4 Å². The topological polar surface area (TPSA) is 79.1 Å². The fourth-order valence-electron chi connectivity index (χ4n) is 2.82. The number of para-hydroxylation sites is 2. The molecule has 0 atom stereocenters. The molecule has 0 aliphatic heterocycles. The number of nitrogens with zero attached hydrogens (tertiary/aromatic N) is 2. The molecule has 0 fully saturated rings. The molecule has 0 aliphatic rings. The Kier molecular flexibility index (Phi) is 7.03. The molecule has 0 bridgehead atoms. The lowest BCUT2D eigenvalue weighted by Gasteiger charge is -2.08. The minimum Gasteiger partial charge on any atom is -0.493 e. The maximum absolute atomic E-state index is 12.4. The van der Waals surface area contributed by atoms with Crippen LogP contribution in [0.25, 0.3) is 10.2 Å². The zero-order chi connectivity index (χ0) is 21.5. The Morgan fingerprint density at radius 3 is 2.67 bits per heavy atom. The van der Waals surface area contributed by atoms with Crippen LogP contribution in [0.2, 0.25) is 0 Å². The maximum Gasteiger partial charge on any atom is 0.338 e. The Morgan fingerprint density at radius 1 is 1.20 bits per heavy atom. The number of carbonyl (C=O) groups is 2. The van der Waals surface area contributed by atoms with Crippen molar-refractivity contribution in [2.75, 3.05) is 20.3 Å². The van der Waals surface area contributed by atoms with Crippen LogP contribution in [-0.4, -0.2) is 36.8 Å². The molecule has 0 saturated heterocycles. The third-order valence-corrected chi connectivity index (χ3v) is 5.19. The smallest absolute Gasteiger partial charge is 0.338 e. The van der Waals surface area contributed by atoms with E-state index in [0.29, 0.717) is 35.0 Å². The first-order valence-electron chi connectivity index (χ1n) is 9.32. The van der Waals surface area contributed by atoms with Crippen molar-refractivity contribution in [3.05, 3.63) is 65.5 Å². The first-order chi connectivity index (χ1) is 14.6. The van der Waals surface area contributed by atoms with Gasteiger partial charge < -0.3 is 18.8 Å². The number of allylic oxidation sites excluding steroid dienone is 1. The van der Waals surface area contributed by atoms with Crippen LogP contribution in [0.5, 0.6) is 11.5 Å². The number of benzene rings is 2. The van der Waals surface area contributed by atoms with Gasteiger partial charge in [-0.15, -0.1) is 6.58 Å². The van der Waals surface area contributed by atoms with Crippen molar-refractivity contribution in [3.63, 3.8) is 0 Å². The van der Waals surface area contributed by atoms with Crippen molar-refractivity contribution in [2.24, 2.45) is 4.99 Å². The van der Waals surface area contributed by atoms with Gasteiger partial charge in [-0.3, -0.25) is 4.79 Å². The van der Waals surface area contributed by atoms with Gasteiger partial charge >= 0.3 is 5.97 Å². The van der Waals surface area contributed by atoms with E-state index in [0.717, 1.165) is 10.2 Å². The van der Waals surface area contributed by atoms with Gasteiger partial charge in [0.05, 0.1) is 29.5 Å². The van der Waals surface area contributed by atoms with Gasteiger partial charge in [-0.2, -0.15) is 4.99 Å². The number of fused-ring (bicyclic) bond motifs is 1.